The van der Waals surface area contributed by atoms with Gasteiger partial charge in [0.15, 0.2) is 0 Å². The summed E-state index contributed by atoms with van der Waals surface area (Å²) in [5.74, 6) is 0.195. The van der Waals surface area contributed by atoms with Crippen molar-refractivity contribution in [2.24, 2.45) is 0 Å². The Bertz CT molecular complexity index is 200. The molecule has 2 nitrogen and oxygen atoms in total. The Morgan fingerprint density at radius 3 is 2.50 bits per heavy atom. The first-order valence-corrected chi connectivity index (χ1v) is 7.60. The summed E-state index contributed by atoms with van der Waals surface area (Å²) in [4.78, 5) is 11.9. The average Bonchev–Trinajstić information content (AvgIpc) is 2.54. The second kappa shape index (κ2) is 8.10. The van der Waals surface area contributed by atoms with E-state index in [0.29, 0.717) is 6.04 Å². The largest absolute Gasteiger partial charge is 0.352 e. The second-order valence-electron chi connectivity index (χ2n) is 4.81. The third-order valence-corrected chi connectivity index (χ3v) is 4.17. The first kappa shape index (κ1) is 14.0. The number of hydrogen-bond donors (Lipinski definition) is 1. The second-order valence-corrected chi connectivity index (χ2v) is 5.91. The van der Waals surface area contributed by atoms with Gasteiger partial charge >= 0.3 is 0 Å². The van der Waals surface area contributed by atoms with Crippen molar-refractivity contribution in [1.29, 1.82) is 0 Å². The van der Waals surface area contributed by atoms with E-state index in [-0.39, 0.29) is 10.7 Å². The minimum atomic E-state index is 0.00991. The molecule has 1 atom stereocenters. The zero-order valence-electron chi connectivity index (χ0n) is 10.3. The van der Waals surface area contributed by atoms with Crippen molar-refractivity contribution in [2.45, 2.75) is 75.6 Å². The maximum atomic E-state index is 11.9. The molecule has 1 fully saturated rings. The monoisotopic (exact) mass is 289 g/mol. The molecule has 94 valence electrons. The highest BCUT2D eigenvalue weighted by atomic mass is 79.9. The fourth-order valence-corrected chi connectivity index (χ4v) is 2.69. The number of halogens is 1. The summed E-state index contributed by atoms with van der Waals surface area (Å²) in [6.07, 6.45) is 10.8. The lowest BCUT2D eigenvalue weighted by molar-refractivity contribution is -0.121. The molecule has 1 aliphatic carbocycles. The molecular formula is C13H24BrNO. The fraction of sp³-hybridized carbons (Fsp3) is 0.923. The lowest BCUT2D eigenvalue weighted by atomic mass is 10.1. The van der Waals surface area contributed by atoms with E-state index in [9.17, 15) is 4.79 Å². The smallest absolute Gasteiger partial charge is 0.233 e. The third-order valence-electron chi connectivity index (χ3n) is 3.30. The van der Waals surface area contributed by atoms with Gasteiger partial charge in [0.1, 0.15) is 0 Å². The van der Waals surface area contributed by atoms with E-state index in [1.807, 2.05) is 0 Å². The zero-order chi connectivity index (χ0) is 11.8. The standard InChI is InChI=1S/C13H24BrNO/c1-2-3-10-12(14)13(16)15-11-8-6-4-5-7-9-11/h11-12H,2-10H2,1H3,(H,15,16). The van der Waals surface area contributed by atoms with Crippen LogP contribution in [-0.2, 0) is 4.79 Å². The van der Waals surface area contributed by atoms with E-state index in [1.165, 1.54) is 38.5 Å². The van der Waals surface area contributed by atoms with Crippen molar-refractivity contribution in [3.8, 4) is 0 Å². The molecule has 1 N–H and O–H groups in total. The van der Waals surface area contributed by atoms with Crippen LogP contribution >= 0.6 is 15.9 Å². The highest BCUT2D eigenvalue weighted by molar-refractivity contribution is 9.10. The van der Waals surface area contributed by atoms with Gasteiger partial charge in [0, 0.05) is 6.04 Å². The van der Waals surface area contributed by atoms with Gasteiger partial charge in [-0.25, -0.2) is 0 Å². The SMILES string of the molecule is CCCCC(Br)C(=O)NC1CCCCCC1. The molecule has 3 heteroatoms. The van der Waals surface area contributed by atoms with Gasteiger partial charge < -0.3 is 5.32 Å². The summed E-state index contributed by atoms with van der Waals surface area (Å²) >= 11 is 3.48. The molecule has 1 saturated carbocycles. The van der Waals surface area contributed by atoms with Crippen molar-refractivity contribution < 1.29 is 4.79 Å². The van der Waals surface area contributed by atoms with Crippen molar-refractivity contribution >= 4 is 21.8 Å². The van der Waals surface area contributed by atoms with Gasteiger partial charge in [-0.15, -0.1) is 0 Å². The number of carbonyl (C=O) groups excluding carboxylic acids is 1. The van der Waals surface area contributed by atoms with Gasteiger partial charge in [0.25, 0.3) is 0 Å². The Hall–Kier alpha value is -0.0500. The lowest BCUT2D eigenvalue weighted by Crippen LogP contribution is -2.39. The number of alkyl halides is 1. The summed E-state index contributed by atoms with van der Waals surface area (Å²) in [7, 11) is 0. The van der Waals surface area contributed by atoms with E-state index in [1.54, 1.807) is 0 Å². The molecule has 0 bridgehead atoms. The molecule has 0 aromatic heterocycles. The minimum absolute atomic E-state index is 0.00991. The Kier molecular flexibility index (Phi) is 7.10. The van der Waals surface area contributed by atoms with Crippen molar-refractivity contribution in [3.63, 3.8) is 0 Å². The van der Waals surface area contributed by atoms with Crippen LogP contribution in [0.15, 0.2) is 0 Å². The van der Waals surface area contributed by atoms with Gasteiger partial charge in [-0.2, -0.15) is 0 Å². The van der Waals surface area contributed by atoms with Crippen molar-refractivity contribution in [1.82, 2.24) is 5.32 Å². The Morgan fingerprint density at radius 1 is 1.31 bits per heavy atom. The van der Waals surface area contributed by atoms with E-state index >= 15 is 0 Å². The number of unbranched alkanes of at least 4 members (excludes halogenated alkanes) is 1. The molecule has 0 radical (unpaired) electrons. The number of rotatable bonds is 5. The summed E-state index contributed by atoms with van der Waals surface area (Å²) < 4.78 is 0. The van der Waals surface area contributed by atoms with Gasteiger partial charge in [-0.3, -0.25) is 4.79 Å². The van der Waals surface area contributed by atoms with Crippen molar-refractivity contribution in [2.75, 3.05) is 0 Å². The van der Waals surface area contributed by atoms with Crippen LogP contribution in [0.2, 0.25) is 0 Å². The molecule has 0 saturated heterocycles. The predicted molar refractivity (Wildman–Crippen MR) is 71.9 cm³/mol. The number of hydrogen-bond acceptors (Lipinski definition) is 1. The first-order valence-electron chi connectivity index (χ1n) is 6.68. The van der Waals surface area contributed by atoms with Crippen LogP contribution in [0.25, 0.3) is 0 Å². The molecule has 0 aromatic carbocycles. The molecule has 0 aromatic rings. The molecule has 1 aliphatic rings. The van der Waals surface area contributed by atoms with Gasteiger partial charge in [0.2, 0.25) is 5.91 Å². The van der Waals surface area contributed by atoms with Crippen LogP contribution < -0.4 is 5.32 Å². The molecule has 0 aliphatic heterocycles. The fourth-order valence-electron chi connectivity index (χ4n) is 2.23. The van der Waals surface area contributed by atoms with E-state index in [4.69, 9.17) is 0 Å². The maximum Gasteiger partial charge on any atom is 0.233 e. The highest BCUT2D eigenvalue weighted by Gasteiger charge is 2.19. The number of carbonyl (C=O) groups is 1. The van der Waals surface area contributed by atoms with Crippen LogP contribution in [0.5, 0.6) is 0 Å². The first-order chi connectivity index (χ1) is 7.74. The van der Waals surface area contributed by atoms with E-state index in [0.717, 1.165) is 19.3 Å². The van der Waals surface area contributed by atoms with Crippen molar-refractivity contribution in [3.05, 3.63) is 0 Å². The van der Waals surface area contributed by atoms with Crippen LogP contribution in [-0.4, -0.2) is 16.8 Å². The lowest BCUT2D eigenvalue weighted by Gasteiger charge is -2.18. The summed E-state index contributed by atoms with van der Waals surface area (Å²) in [5.41, 5.74) is 0. The Labute approximate surface area is 108 Å². The third kappa shape index (κ3) is 5.33. The van der Waals surface area contributed by atoms with Crippen LogP contribution in [0, 0.1) is 0 Å². The zero-order valence-corrected chi connectivity index (χ0v) is 11.9. The molecule has 1 rings (SSSR count). The normalized spacial score (nSPS) is 20.1. The maximum absolute atomic E-state index is 11.9. The van der Waals surface area contributed by atoms with E-state index < -0.39 is 0 Å². The summed E-state index contributed by atoms with van der Waals surface area (Å²) in [5, 5.41) is 3.18. The summed E-state index contributed by atoms with van der Waals surface area (Å²) in [6, 6.07) is 0.427. The highest BCUT2D eigenvalue weighted by Crippen LogP contribution is 2.18. The summed E-state index contributed by atoms with van der Waals surface area (Å²) in [6.45, 7) is 2.16. The van der Waals surface area contributed by atoms with Crippen LogP contribution in [0.3, 0.4) is 0 Å². The Balaban J connectivity index is 2.25. The molecule has 1 unspecified atom stereocenters. The predicted octanol–water partition coefficient (Wildman–Crippen LogP) is 3.78. The van der Waals surface area contributed by atoms with E-state index in [2.05, 4.69) is 28.2 Å². The molecule has 0 heterocycles. The Morgan fingerprint density at radius 2 is 1.94 bits per heavy atom. The quantitative estimate of drug-likeness (QED) is 0.606. The minimum Gasteiger partial charge on any atom is -0.352 e. The average molecular weight is 290 g/mol. The molecule has 0 spiro atoms. The topological polar surface area (TPSA) is 29.1 Å². The van der Waals surface area contributed by atoms with Gasteiger partial charge in [0.05, 0.1) is 4.83 Å². The number of nitrogens with one attached hydrogen (secondary N) is 1. The van der Waals surface area contributed by atoms with Crippen LogP contribution in [0.4, 0.5) is 0 Å². The molecule has 16 heavy (non-hydrogen) atoms. The molecular weight excluding hydrogens is 266 g/mol. The van der Waals surface area contributed by atoms with Gasteiger partial charge in [-0.05, 0) is 19.3 Å². The van der Waals surface area contributed by atoms with Gasteiger partial charge in [-0.1, -0.05) is 61.4 Å². The number of amides is 1. The van der Waals surface area contributed by atoms with Crippen LogP contribution in [0.1, 0.15) is 64.7 Å². The molecule has 1 amide bonds.